The Balaban J connectivity index is 1.45. The van der Waals surface area contributed by atoms with Gasteiger partial charge in [0.15, 0.2) is 12.3 Å². The van der Waals surface area contributed by atoms with Crippen molar-refractivity contribution in [2.75, 3.05) is 0 Å². The Kier molecular flexibility index (Phi) is 4.10. The summed E-state index contributed by atoms with van der Waals surface area (Å²) in [5.74, 6) is 0.0579. The van der Waals surface area contributed by atoms with Crippen LogP contribution >= 0.6 is 0 Å². The Hall–Kier alpha value is -3.61. The molecule has 7 heteroatoms. The van der Waals surface area contributed by atoms with Crippen LogP contribution in [0.5, 0.6) is 0 Å². The second-order valence-electron chi connectivity index (χ2n) is 5.70. The first-order chi connectivity index (χ1) is 12.7. The SMILES string of the molecule is Cc1ccc(-c2noc(COC(=O)c3cnc4ccccc4n3)n2)cc1. The predicted octanol–water partition coefficient (Wildman–Crippen LogP) is 3.35. The van der Waals surface area contributed by atoms with Crippen molar-refractivity contribution in [3.8, 4) is 11.4 Å². The number of benzene rings is 2. The van der Waals surface area contributed by atoms with E-state index in [4.69, 9.17) is 9.26 Å². The third kappa shape index (κ3) is 3.27. The van der Waals surface area contributed by atoms with Gasteiger partial charge in [-0.2, -0.15) is 4.98 Å². The van der Waals surface area contributed by atoms with Gasteiger partial charge in [-0.3, -0.25) is 4.98 Å². The normalized spacial score (nSPS) is 10.8. The van der Waals surface area contributed by atoms with E-state index < -0.39 is 5.97 Å². The summed E-state index contributed by atoms with van der Waals surface area (Å²) < 4.78 is 10.3. The van der Waals surface area contributed by atoms with Gasteiger partial charge in [0.1, 0.15) is 0 Å². The molecule has 0 fully saturated rings. The molecule has 0 aliphatic carbocycles. The van der Waals surface area contributed by atoms with Crippen LogP contribution in [0.4, 0.5) is 0 Å². The van der Waals surface area contributed by atoms with Crippen molar-refractivity contribution >= 4 is 17.0 Å². The molecule has 0 amide bonds. The van der Waals surface area contributed by atoms with Gasteiger partial charge < -0.3 is 9.26 Å². The van der Waals surface area contributed by atoms with E-state index in [2.05, 4.69) is 20.1 Å². The Labute approximate surface area is 148 Å². The molecule has 0 saturated heterocycles. The molecule has 0 N–H and O–H groups in total. The number of esters is 1. The third-order valence-electron chi connectivity index (χ3n) is 3.76. The lowest BCUT2D eigenvalue weighted by Gasteiger charge is -2.02. The topological polar surface area (TPSA) is 91.0 Å². The number of carbonyl (C=O) groups excluding carboxylic acids is 1. The van der Waals surface area contributed by atoms with Gasteiger partial charge >= 0.3 is 5.97 Å². The highest BCUT2D eigenvalue weighted by atomic mass is 16.6. The maximum Gasteiger partial charge on any atom is 0.359 e. The van der Waals surface area contributed by atoms with Crippen molar-refractivity contribution in [2.24, 2.45) is 0 Å². The van der Waals surface area contributed by atoms with Crippen molar-refractivity contribution in [2.45, 2.75) is 13.5 Å². The third-order valence-corrected chi connectivity index (χ3v) is 3.76. The van der Waals surface area contributed by atoms with Crippen molar-refractivity contribution in [3.05, 3.63) is 71.9 Å². The molecule has 0 spiro atoms. The van der Waals surface area contributed by atoms with E-state index in [0.717, 1.165) is 11.1 Å². The Morgan fingerprint density at radius 3 is 2.62 bits per heavy atom. The van der Waals surface area contributed by atoms with E-state index in [9.17, 15) is 4.79 Å². The quantitative estimate of drug-likeness (QED) is 0.523. The molecule has 0 bridgehead atoms. The van der Waals surface area contributed by atoms with Gasteiger partial charge in [0.05, 0.1) is 17.2 Å². The number of hydrogen-bond acceptors (Lipinski definition) is 7. The minimum absolute atomic E-state index is 0.127. The number of aryl methyl sites for hydroxylation is 1. The van der Waals surface area contributed by atoms with Crippen molar-refractivity contribution in [1.29, 1.82) is 0 Å². The second kappa shape index (κ2) is 6.72. The van der Waals surface area contributed by atoms with Crippen molar-refractivity contribution in [3.63, 3.8) is 0 Å². The monoisotopic (exact) mass is 346 g/mol. The van der Waals surface area contributed by atoms with Crippen LogP contribution in [-0.4, -0.2) is 26.1 Å². The van der Waals surface area contributed by atoms with E-state index in [-0.39, 0.29) is 18.2 Å². The average Bonchev–Trinajstić information content (AvgIpc) is 3.15. The first kappa shape index (κ1) is 15.9. The molecule has 0 atom stereocenters. The van der Waals surface area contributed by atoms with Gasteiger partial charge in [0, 0.05) is 5.56 Å². The lowest BCUT2D eigenvalue weighted by molar-refractivity contribution is 0.0423. The van der Waals surface area contributed by atoms with Crippen molar-refractivity contribution < 1.29 is 14.1 Å². The van der Waals surface area contributed by atoms with Gasteiger partial charge in [-0.05, 0) is 19.1 Å². The highest BCUT2D eigenvalue weighted by Gasteiger charge is 2.14. The number of carbonyl (C=O) groups is 1. The summed E-state index contributed by atoms with van der Waals surface area (Å²) >= 11 is 0. The van der Waals surface area contributed by atoms with Gasteiger partial charge in [0.25, 0.3) is 5.89 Å². The maximum atomic E-state index is 12.2. The fraction of sp³-hybridized carbons (Fsp3) is 0.105. The van der Waals surface area contributed by atoms with Crippen molar-refractivity contribution in [1.82, 2.24) is 20.1 Å². The van der Waals surface area contributed by atoms with Gasteiger partial charge in [0.2, 0.25) is 5.82 Å². The van der Waals surface area contributed by atoms with E-state index in [1.807, 2.05) is 49.4 Å². The number of nitrogens with zero attached hydrogens (tertiary/aromatic N) is 4. The number of hydrogen-bond donors (Lipinski definition) is 0. The Morgan fingerprint density at radius 1 is 1.04 bits per heavy atom. The summed E-state index contributed by atoms with van der Waals surface area (Å²) in [5, 5.41) is 3.90. The van der Waals surface area contributed by atoms with Crippen LogP contribution in [0.3, 0.4) is 0 Å². The second-order valence-corrected chi connectivity index (χ2v) is 5.70. The van der Waals surface area contributed by atoms with Crippen LogP contribution in [-0.2, 0) is 11.3 Å². The van der Waals surface area contributed by atoms with E-state index in [1.165, 1.54) is 6.20 Å². The van der Waals surface area contributed by atoms with Gasteiger partial charge in [-0.15, -0.1) is 0 Å². The summed E-state index contributed by atoms with van der Waals surface area (Å²) in [6.45, 7) is 1.87. The zero-order chi connectivity index (χ0) is 17.9. The summed E-state index contributed by atoms with van der Waals surface area (Å²) in [5.41, 5.74) is 3.44. The molecule has 2 aromatic carbocycles. The average molecular weight is 346 g/mol. The van der Waals surface area contributed by atoms with Crippen LogP contribution in [0, 0.1) is 6.92 Å². The lowest BCUT2D eigenvalue weighted by Crippen LogP contribution is -2.08. The molecule has 2 heterocycles. The molecule has 128 valence electrons. The highest BCUT2D eigenvalue weighted by molar-refractivity contribution is 5.89. The minimum Gasteiger partial charge on any atom is -0.451 e. The Morgan fingerprint density at radius 2 is 1.81 bits per heavy atom. The Bertz CT molecular complexity index is 1070. The smallest absolute Gasteiger partial charge is 0.359 e. The minimum atomic E-state index is -0.599. The predicted molar refractivity (Wildman–Crippen MR) is 93.1 cm³/mol. The molecular formula is C19H14N4O3. The standard InChI is InChI=1S/C19H14N4O3/c1-12-6-8-13(9-7-12)18-22-17(26-23-18)11-25-19(24)16-10-20-14-4-2-3-5-15(14)21-16/h2-10H,11H2,1H3. The van der Waals surface area contributed by atoms with Crippen LogP contribution in [0.1, 0.15) is 21.9 Å². The van der Waals surface area contributed by atoms with E-state index in [0.29, 0.717) is 16.9 Å². The summed E-state index contributed by atoms with van der Waals surface area (Å²) in [7, 11) is 0. The summed E-state index contributed by atoms with van der Waals surface area (Å²) in [6, 6.07) is 15.0. The molecule has 7 nitrogen and oxygen atoms in total. The van der Waals surface area contributed by atoms with Crippen LogP contribution in [0.25, 0.3) is 22.4 Å². The summed E-state index contributed by atoms with van der Waals surface area (Å²) in [4.78, 5) is 24.8. The molecular weight excluding hydrogens is 332 g/mol. The molecule has 4 aromatic rings. The number of fused-ring (bicyclic) bond motifs is 1. The number of aromatic nitrogens is 4. The molecule has 26 heavy (non-hydrogen) atoms. The number of ether oxygens (including phenoxy) is 1. The molecule has 0 aliphatic heterocycles. The van der Waals surface area contributed by atoms with Gasteiger partial charge in [-0.1, -0.05) is 47.1 Å². The first-order valence-electron chi connectivity index (χ1n) is 7.97. The fourth-order valence-corrected chi connectivity index (χ4v) is 2.39. The van der Waals surface area contributed by atoms with Crippen LogP contribution in [0.15, 0.2) is 59.3 Å². The number of para-hydroxylation sites is 2. The summed E-state index contributed by atoms with van der Waals surface area (Å²) in [6.07, 6.45) is 1.39. The van der Waals surface area contributed by atoms with Crippen LogP contribution < -0.4 is 0 Å². The zero-order valence-electron chi connectivity index (χ0n) is 13.9. The van der Waals surface area contributed by atoms with Crippen LogP contribution in [0.2, 0.25) is 0 Å². The first-order valence-corrected chi connectivity index (χ1v) is 7.97. The number of rotatable bonds is 4. The highest BCUT2D eigenvalue weighted by Crippen LogP contribution is 2.17. The van der Waals surface area contributed by atoms with E-state index in [1.54, 1.807) is 6.07 Å². The maximum absolute atomic E-state index is 12.2. The largest absolute Gasteiger partial charge is 0.451 e. The molecule has 0 radical (unpaired) electrons. The van der Waals surface area contributed by atoms with E-state index >= 15 is 0 Å². The fourth-order valence-electron chi connectivity index (χ4n) is 2.39. The molecule has 0 saturated carbocycles. The molecule has 0 aliphatic rings. The van der Waals surface area contributed by atoms with Gasteiger partial charge in [-0.25, -0.2) is 9.78 Å². The molecule has 0 unspecified atom stereocenters. The molecule has 4 rings (SSSR count). The molecule has 2 aromatic heterocycles. The zero-order valence-corrected chi connectivity index (χ0v) is 13.9. The lowest BCUT2D eigenvalue weighted by atomic mass is 10.1.